The van der Waals surface area contributed by atoms with Gasteiger partial charge in [0.15, 0.2) is 0 Å². The van der Waals surface area contributed by atoms with Gasteiger partial charge in [0.1, 0.15) is 6.10 Å². The maximum absolute atomic E-state index is 5.76. The van der Waals surface area contributed by atoms with Crippen LogP contribution in [0.2, 0.25) is 0 Å². The molecule has 1 unspecified atom stereocenters. The Kier molecular flexibility index (Phi) is 3.16. The summed E-state index contributed by atoms with van der Waals surface area (Å²) in [6.45, 7) is 5.91. The molecule has 0 aromatic carbocycles. The molecule has 1 aliphatic heterocycles. The van der Waals surface area contributed by atoms with Crippen LogP contribution in [0.15, 0.2) is 6.20 Å². The van der Waals surface area contributed by atoms with E-state index >= 15 is 0 Å². The summed E-state index contributed by atoms with van der Waals surface area (Å²) >= 11 is 0. The van der Waals surface area contributed by atoms with Gasteiger partial charge in [0, 0.05) is 6.54 Å². The third-order valence-electron chi connectivity index (χ3n) is 2.71. The highest BCUT2D eigenvalue weighted by atomic mass is 16.5. The second kappa shape index (κ2) is 4.57. The van der Waals surface area contributed by atoms with E-state index in [9.17, 15) is 0 Å². The minimum absolute atomic E-state index is 0.246. The fourth-order valence-corrected chi connectivity index (χ4v) is 1.67. The smallest absolute Gasteiger partial charge is 0.232 e. The Morgan fingerprint density at radius 3 is 2.93 bits per heavy atom. The minimum atomic E-state index is 0.246. The first-order valence-electron chi connectivity index (χ1n) is 5.43. The van der Waals surface area contributed by atoms with E-state index < -0.39 is 0 Å². The molecule has 0 amide bonds. The van der Waals surface area contributed by atoms with Crippen LogP contribution in [-0.2, 0) is 0 Å². The van der Waals surface area contributed by atoms with Crippen LogP contribution in [0.1, 0.15) is 24.2 Å². The van der Waals surface area contributed by atoms with Crippen LogP contribution >= 0.6 is 0 Å². The van der Waals surface area contributed by atoms with Gasteiger partial charge in [-0.05, 0) is 33.2 Å². The molecule has 15 heavy (non-hydrogen) atoms. The lowest BCUT2D eigenvalue weighted by molar-refractivity contribution is 0.159. The van der Waals surface area contributed by atoms with Gasteiger partial charge < -0.3 is 10.1 Å². The summed E-state index contributed by atoms with van der Waals surface area (Å²) in [5, 5.41) is 3.31. The third-order valence-corrected chi connectivity index (χ3v) is 2.71. The maximum Gasteiger partial charge on any atom is 0.232 e. The van der Waals surface area contributed by atoms with Crippen molar-refractivity contribution in [3.8, 4) is 5.88 Å². The minimum Gasteiger partial charge on any atom is -0.472 e. The van der Waals surface area contributed by atoms with Gasteiger partial charge in [-0.1, -0.05) is 0 Å². The Hall–Kier alpha value is -1.16. The quantitative estimate of drug-likeness (QED) is 0.792. The van der Waals surface area contributed by atoms with E-state index in [4.69, 9.17) is 4.74 Å². The highest BCUT2D eigenvalue weighted by molar-refractivity contribution is 5.14. The van der Waals surface area contributed by atoms with E-state index in [-0.39, 0.29) is 6.10 Å². The molecule has 0 spiro atoms. The molecular weight excluding hydrogens is 190 g/mol. The van der Waals surface area contributed by atoms with Crippen LogP contribution in [0.25, 0.3) is 0 Å². The van der Waals surface area contributed by atoms with E-state index in [1.807, 2.05) is 13.8 Å². The molecular formula is C11H17N3O. The fraction of sp³-hybridized carbons (Fsp3) is 0.636. The van der Waals surface area contributed by atoms with Gasteiger partial charge in [0.25, 0.3) is 0 Å². The first-order chi connectivity index (χ1) is 7.25. The molecule has 4 heteroatoms. The second-order valence-electron chi connectivity index (χ2n) is 3.97. The molecule has 1 aromatic rings. The zero-order chi connectivity index (χ0) is 10.7. The molecule has 2 heterocycles. The summed E-state index contributed by atoms with van der Waals surface area (Å²) in [4.78, 5) is 8.59. The van der Waals surface area contributed by atoms with Gasteiger partial charge in [0.05, 0.1) is 17.6 Å². The summed E-state index contributed by atoms with van der Waals surface area (Å²) in [6.07, 6.45) is 4.22. The molecule has 0 radical (unpaired) electrons. The molecule has 1 aromatic heterocycles. The highest BCUT2D eigenvalue weighted by Gasteiger charge is 2.15. The van der Waals surface area contributed by atoms with Crippen molar-refractivity contribution < 1.29 is 4.74 Å². The fourth-order valence-electron chi connectivity index (χ4n) is 1.67. The van der Waals surface area contributed by atoms with E-state index in [1.165, 1.54) is 6.42 Å². The molecule has 4 nitrogen and oxygen atoms in total. The zero-order valence-electron chi connectivity index (χ0n) is 9.29. The van der Waals surface area contributed by atoms with Crippen molar-refractivity contribution in [1.82, 2.24) is 15.3 Å². The Labute approximate surface area is 90.1 Å². The van der Waals surface area contributed by atoms with Crippen molar-refractivity contribution in [2.24, 2.45) is 0 Å². The number of ether oxygens (including phenoxy) is 1. The lowest BCUT2D eigenvalue weighted by Crippen LogP contribution is -2.37. The van der Waals surface area contributed by atoms with Crippen LogP contribution in [-0.4, -0.2) is 29.2 Å². The molecule has 0 bridgehead atoms. The topological polar surface area (TPSA) is 47.0 Å². The summed E-state index contributed by atoms with van der Waals surface area (Å²) in [5.74, 6) is 0.645. The van der Waals surface area contributed by atoms with Gasteiger partial charge in [0.2, 0.25) is 5.88 Å². The summed E-state index contributed by atoms with van der Waals surface area (Å²) < 4.78 is 5.76. The molecule has 0 aliphatic carbocycles. The van der Waals surface area contributed by atoms with Gasteiger partial charge in [-0.25, -0.2) is 4.98 Å². The third kappa shape index (κ3) is 2.65. The molecule has 1 fully saturated rings. The van der Waals surface area contributed by atoms with Crippen molar-refractivity contribution in [2.45, 2.75) is 32.8 Å². The predicted octanol–water partition coefficient (Wildman–Crippen LogP) is 1.22. The SMILES string of the molecule is Cc1ncc(OC2CCCNC2)nc1C. The first-order valence-corrected chi connectivity index (χ1v) is 5.43. The number of nitrogens with zero attached hydrogens (tertiary/aromatic N) is 2. The number of nitrogens with one attached hydrogen (secondary N) is 1. The van der Waals surface area contributed by atoms with Crippen LogP contribution in [0.4, 0.5) is 0 Å². The average molecular weight is 207 g/mol. The van der Waals surface area contributed by atoms with Crippen molar-refractivity contribution in [1.29, 1.82) is 0 Å². The maximum atomic E-state index is 5.76. The van der Waals surface area contributed by atoms with Crippen molar-refractivity contribution in [3.05, 3.63) is 17.6 Å². The van der Waals surface area contributed by atoms with Crippen LogP contribution in [0.3, 0.4) is 0 Å². The molecule has 0 saturated carbocycles. The van der Waals surface area contributed by atoms with E-state index in [0.717, 1.165) is 30.9 Å². The van der Waals surface area contributed by atoms with Crippen LogP contribution in [0, 0.1) is 13.8 Å². The number of aromatic nitrogens is 2. The predicted molar refractivity (Wildman–Crippen MR) is 58.0 cm³/mol. The molecule has 1 atom stereocenters. The van der Waals surface area contributed by atoms with Crippen LogP contribution < -0.4 is 10.1 Å². The Bertz CT molecular complexity index is 335. The Morgan fingerprint density at radius 2 is 2.27 bits per heavy atom. The van der Waals surface area contributed by atoms with Crippen molar-refractivity contribution in [2.75, 3.05) is 13.1 Å². The lowest BCUT2D eigenvalue weighted by Gasteiger charge is -2.23. The van der Waals surface area contributed by atoms with Crippen LogP contribution in [0.5, 0.6) is 5.88 Å². The zero-order valence-corrected chi connectivity index (χ0v) is 9.29. The lowest BCUT2D eigenvalue weighted by atomic mass is 10.1. The van der Waals surface area contributed by atoms with Gasteiger partial charge in [-0.3, -0.25) is 4.98 Å². The van der Waals surface area contributed by atoms with E-state index in [2.05, 4.69) is 15.3 Å². The number of piperidine rings is 1. The average Bonchev–Trinajstić information content (AvgIpc) is 2.25. The Morgan fingerprint density at radius 1 is 1.40 bits per heavy atom. The molecule has 1 aliphatic rings. The Balaban J connectivity index is 2.00. The number of hydrogen-bond acceptors (Lipinski definition) is 4. The first kappa shape index (κ1) is 10.4. The summed E-state index contributed by atoms with van der Waals surface area (Å²) in [6, 6.07) is 0. The van der Waals surface area contributed by atoms with Gasteiger partial charge in [-0.2, -0.15) is 0 Å². The van der Waals surface area contributed by atoms with Crippen molar-refractivity contribution >= 4 is 0 Å². The number of aryl methyl sites for hydroxylation is 2. The standard InChI is InChI=1S/C11H17N3O/c1-8-9(2)14-11(7-13-8)15-10-4-3-5-12-6-10/h7,10,12H,3-6H2,1-2H3. The second-order valence-corrected chi connectivity index (χ2v) is 3.97. The number of hydrogen-bond donors (Lipinski definition) is 1. The number of rotatable bonds is 2. The van der Waals surface area contributed by atoms with E-state index in [1.54, 1.807) is 6.20 Å². The normalized spacial score (nSPS) is 21.3. The van der Waals surface area contributed by atoms with E-state index in [0.29, 0.717) is 5.88 Å². The van der Waals surface area contributed by atoms with Crippen molar-refractivity contribution in [3.63, 3.8) is 0 Å². The molecule has 1 N–H and O–H groups in total. The molecule has 2 rings (SSSR count). The summed E-state index contributed by atoms with van der Waals surface area (Å²) in [5.41, 5.74) is 1.90. The highest BCUT2D eigenvalue weighted by Crippen LogP contribution is 2.13. The largest absolute Gasteiger partial charge is 0.472 e. The summed E-state index contributed by atoms with van der Waals surface area (Å²) in [7, 11) is 0. The molecule has 1 saturated heterocycles. The molecule has 82 valence electrons. The van der Waals surface area contributed by atoms with Gasteiger partial charge in [-0.15, -0.1) is 0 Å². The monoisotopic (exact) mass is 207 g/mol. The van der Waals surface area contributed by atoms with Gasteiger partial charge >= 0.3 is 0 Å².